The summed E-state index contributed by atoms with van der Waals surface area (Å²) in [6, 6.07) is 15.5. The maximum absolute atomic E-state index is 12.6. The smallest absolute Gasteiger partial charge is 0.258 e. The average Bonchev–Trinajstić information content (AvgIpc) is 2.50. The van der Waals surface area contributed by atoms with Crippen LogP contribution in [0.1, 0.15) is 28.4 Å². The van der Waals surface area contributed by atoms with Gasteiger partial charge in [0.2, 0.25) is 0 Å². The molecule has 0 saturated heterocycles. The summed E-state index contributed by atoms with van der Waals surface area (Å²) < 4.78 is 0. The monoisotopic (exact) mass is 268 g/mol. The van der Waals surface area contributed by atoms with E-state index in [1.54, 1.807) is 4.90 Å². The van der Waals surface area contributed by atoms with E-state index in [4.69, 9.17) is 5.73 Å². The normalized spacial score (nSPS) is 10.3. The van der Waals surface area contributed by atoms with Crippen LogP contribution >= 0.6 is 0 Å². The molecule has 1 amide bonds. The lowest BCUT2D eigenvalue weighted by molar-refractivity contribution is 0.0988. The SMILES string of the molecule is CCN(C(=O)c1cccc(CN)c1)c1ccc(C)cc1. The van der Waals surface area contributed by atoms with Gasteiger partial charge in [-0.2, -0.15) is 0 Å². The first-order valence-electron chi connectivity index (χ1n) is 6.83. The van der Waals surface area contributed by atoms with E-state index in [0.717, 1.165) is 11.3 Å². The van der Waals surface area contributed by atoms with Crippen molar-refractivity contribution in [3.05, 3.63) is 65.2 Å². The van der Waals surface area contributed by atoms with Gasteiger partial charge in [-0.25, -0.2) is 0 Å². The molecule has 0 spiro atoms. The number of anilines is 1. The summed E-state index contributed by atoms with van der Waals surface area (Å²) >= 11 is 0. The van der Waals surface area contributed by atoms with Crippen LogP contribution in [0.5, 0.6) is 0 Å². The van der Waals surface area contributed by atoms with Crippen LogP contribution in [0.25, 0.3) is 0 Å². The highest BCUT2D eigenvalue weighted by atomic mass is 16.2. The molecule has 20 heavy (non-hydrogen) atoms. The van der Waals surface area contributed by atoms with E-state index < -0.39 is 0 Å². The van der Waals surface area contributed by atoms with Crippen molar-refractivity contribution < 1.29 is 4.79 Å². The molecule has 0 unspecified atom stereocenters. The molecule has 3 heteroatoms. The van der Waals surface area contributed by atoms with Gasteiger partial charge in [0.15, 0.2) is 0 Å². The molecule has 0 radical (unpaired) electrons. The summed E-state index contributed by atoms with van der Waals surface area (Å²) in [6.07, 6.45) is 0. The molecule has 0 aliphatic rings. The first-order valence-corrected chi connectivity index (χ1v) is 6.83. The van der Waals surface area contributed by atoms with Crippen LogP contribution in [0.2, 0.25) is 0 Å². The van der Waals surface area contributed by atoms with Crippen molar-refractivity contribution in [3.8, 4) is 0 Å². The number of carbonyl (C=O) groups excluding carboxylic acids is 1. The summed E-state index contributed by atoms with van der Waals surface area (Å²) in [7, 11) is 0. The number of nitrogens with two attached hydrogens (primary N) is 1. The number of hydrogen-bond acceptors (Lipinski definition) is 2. The van der Waals surface area contributed by atoms with Crippen molar-refractivity contribution in [2.45, 2.75) is 20.4 Å². The first-order chi connectivity index (χ1) is 9.65. The zero-order chi connectivity index (χ0) is 14.5. The van der Waals surface area contributed by atoms with Crippen molar-refractivity contribution in [1.82, 2.24) is 0 Å². The number of amides is 1. The van der Waals surface area contributed by atoms with Gasteiger partial charge in [-0.15, -0.1) is 0 Å². The zero-order valence-corrected chi connectivity index (χ0v) is 12.0. The third-order valence-electron chi connectivity index (χ3n) is 3.32. The largest absolute Gasteiger partial charge is 0.326 e. The molecule has 2 N–H and O–H groups in total. The third kappa shape index (κ3) is 3.06. The van der Waals surface area contributed by atoms with Gasteiger partial charge >= 0.3 is 0 Å². The fraction of sp³-hybridized carbons (Fsp3) is 0.235. The Balaban J connectivity index is 2.31. The van der Waals surface area contributed by atoms with Gasteiger partial charge in [-0.3, -0.25) is 4.79 Å². The molecule has 104 valence electrons. The second-order valence-electron chi connectivity index (χ2n) is 4.79. The van der Waals surface area contributed by atoms with Crippen LogP contribution in [0.15, 0.2) is 48.5 Å². The van der Waals surface area contributed by atoms with Crippen molar-refractivity contribution in [2.75, 3.05) is 11.4 Å². The Labute approximate surface area is 120 Å². The molecule has 0 aliphatic heterocycles. The van der Waals surface area contributed by atoms with E-state index in [-0.39, 0.29) is 5.91 Å². The maximum atomic E-state index is 12.6. The lowest BCUT2D eigenvalue weighted by atomic mass is 10.1. The molecule has 0 aromatic heterocycles. The van der Waals surface area contributed by atoms with Crippen LogP contribution in [0.3, 0.4) is 0 Å². The molecule has 0 fully saturated rings. The van der Waals surface area contributed by atoms with E-state index >= 15 is 0 Å². The highest BCUT2D eigenvalue weighted by molar-refractivity contribution is 6.06. The topological polar surface area (TPSA) is 46.3 Å². The third-order valence-corrected chi connectivity index (χ3v) is 3.32. The Morgan fingerprint density at radius 1 is 1.15 bits per heavy atom. The van der Waals surface area contributed by atoms with Gasteiger partial charge in [0, 0.05) is 24.3 Å². The minimum Gasteiger partial charge on any atom is -0.326 e. The molecule has 0 saturated carbocycles. The van der Waals surface area contributed by atoms with Crippen LogP contribution in [0.4, 0.5) is 5.69 Å². The van der Waals surface area contributed by atoms with E-state index in [1.807, 2.05) is 62.4 Å². The van der Waals surface area contributed by atoms with Gasteiger partial charge in [0.25, 0.3) is 5.91 Å². The quantitative estimate of drug-likeness (QED) is 0.926. The molecular weight excluding hydrogens is 248 g/mol. The Hall–Kier alpha value is -2.13. The van der Waals surface area contributed by atoms with Gasteiger partial charge < -0.3 is 10.6 Å². The highest BCUT2D eigenvalue weighted by Crippen LogP contribution is 2.18. The number of rotatable bonds is 4. The average molecular weight is 268 g/mol. The van der Waals surface area contributed by atoms with Gasteiger partial charge in [0.05, 0.1) is 0 Å². The fourth-order valence-corrected chi connectivity index (χ4v) is 2.16. The van der Waals surface area contributed by atoms with Gasteiger partial charge in [-0.1, -0.05) is 29.8 Å². The Morgan fingerprint density at radius 2 is 1.85 bits per heavy atom. The molecule has 0 atom stereocenters. The van der Waals surface area contributed by atoms with Crippen molar-refractivity contribution >= 4 is 11.6 Å². The summed E-state index contributed by atoms with van der Waals surface area (Å²) in [5.74, 6) is 0.00616. The summed E-state index contributed by atoms with van der Waals surface area (Å²) in [4.78, 5) is 14.4. The Kier molecular flexibility index (Phi) is 4.53. The minimum absolute atomic E-state index is 0.00616. The second kappa shape index (κ2) is 6.35. The van der Waals surface area contributed by atoms with E-state index in [2.05, 4.69) is 0 Å². The van der Waals surface area contributed by atoms with Crippen LogP contribution in [-0.2, 0) is 6.54 Å². The van der Waals surface area contributed by atoms with Crippen molar-refractivity contribution in [3.63, 3.8) is 0 Å². The Morgan fingerprint density at radius 3 is 2.45 bits per heavy atom. The van der Waals surface area contributed by atoms with E-state index in [9.17, 15) is 4.79 Å². The molecule has 2 aromatic rings. The van der Waals surface area contributed by atoms with Crippen LogP contribution < -0.4 is 10.6 Å². The Bertz CT molecular complexity index is 590. The second-order valence-corrected chi connectivity index (χ2v) is 4.79. The number of aryl methyl sites for hydroxylation is 1. The fourth-order valence-electron chi connectivity index (χ4n) is 2.16. The lowest BCUT2D eigenvalue weighted by Crippen LogP contribution is -2.30. The predicted octanol–water partition coefficient (Wildman–Crippen LogP) is 3.12. The maximum Gasteiger partial charge on any atom is 0.258 e. The molecular formula is C17H20N2O. The number of carbonyl (C=O) groups is 1. The zero-order valence-electron chi connectivity index (χ0n) is 12.0. The number of hydrogen-bond donors (Lipinski definition) is 1. The number of nitrogens with zero attached hydrogens (tertiary/aromatic N) is 1. The summed E-state index contributed by atoms with van der Waals surface area (Å²) in [5, 5.41) is 0. The molecule has 0 bridgehead atoms. The van der Waals surface area contributed by atoms with E-state index in [1.165, 1.54) is 5.56 Å². The van der Waals surface area contributed by atoms with Gasteiger partial charge in [0.1, 0.15) is 0 Å². The van der Waals surface area contributed by atoms with Crippen molar-refractivity contribution in [1.29, 1.82) is 0 Å². The van der Waals surface area contributed by atoms with Crippen LogP contribution in [-0.4, -0.2) is 12.5 Å². The van der Waals surface area contributed by atoms with Crippen molar-refractivity contribution in [2.24, 2.45) is 5.73 Å². The molecule has 3 nitrogen and oxygen atoms in total. The van der Waals surface area contributed by atoms with E-state index in [0.29, 0.717) is 18.7 Å². The molecule has 2 aromatic carbocycles. The van der Waals surface area contributed by atoms with Crippen LogP contribution in [0, 0.1) is 6.92 Å². The lowest BCUT2D eigenvalue weighted by Gasteiger charge is -2.21. The first kappa shape index (κ1) is 14.3. The summed E-state index contributed by atoms with van der Waals surface area (Å²) in [5.41, 5.74) is 9.38. The highest BCUT2D eigenvalue weighted by Gasteiger charge is 2.16. The summed E-state index contributed by atoms with van der Waals surface area (Å²) in [6.45, 7) is 5.09. The minimum atomic E-state index is 0.00616. The number of benzene rings is 2. The van der Waals surface area contributed by atoms with Gasteiger partial charge in [-0.05, 0) is 43.7 Å². The molecule has 0 aliphatic carbocycles. The molecule has 0 heterocycles. The standard InChI is InChI=1S/C17H20N2O/c1-3-19(16-9-7-13(2)8-10-16)17(20)15-6-4-5-14(11-15)12-18/h4-11H,3,12,18H2,1-2H3. The predicted molar refractivity (Wildman–Crippen MR) is 82.9 cm³/mol. The molecule has 2 rings (SSSR count).